The zero-order chi connectivity index (χ0) is 8.41. The van der Waals surface area contributed by atoms with E-state index in [1.807, 2.05) is 0 Å². The molecule has 0 fully saturated rings. The molecule has 0 radical (unpaired) electrons. The highest BCUT2D eigenvalue weighted by atomic mass is 19.3. The molecule has 0 saturated carbocycles. The number of hydrogen-bond acceptors (Lipinski definition) is 2. The highest BCUT2D eigenvalue weighted by Gasteiger charge is 2.55. The van der Waals surface area contributed by atoms with Gasteiger partial charge in [0.2, 0.25) is 0 Å². The third kappa shape index (κ3) is 1.36. The molecule has 0 amide bonds. The number of aliphatic hydroxyl groups is 1. The Morgan fingerprint density at radius 2 is 1.80 bits per heavy atom. The predicted octanol–water partition coefficient (Wildman–Crippen LogP) is 0.773. The lowest BCUT2D eigenvalue weighted by atomic mass is 10.2. The minimum Gasteiger partial charge on any atom is -0.346 e. The van der Waals surface area contributed by atoms with Gasteiger partial charge in [0.25, 0.3) is 0 Å². The molecular weight excluding hydrogens is 154 g/mol. The van der Waals surface area contributed by atoms with Crippen molar-refractivity contribution in [3.63, 3.8) is 0 Å². The van der Waals surface area contributed by atoms with Crippen LogP contribution in [0.1, 0.15) is 0 Å². The predicted molar refractivity (Wildman–Crippen MR) is 22.6 cm³/mol. The number of nitriles is 1. The van der Waals surface area contributed by atoms with Crippen molar-refractivity contribution in [1.29, 1.82) is 5.26 Å². The van der Waals surface area contributed by atoms with Crippen molar-refractivity contribution in [2.24, 2.45) is 0 Å². The van der Waals surface area contributed by atoms with Gasteiger partial charge in [-0.2, -0.15) is 18.4 Å². The normalized spacial score (nSPS) is 17.6. The van der Waals surface area contributed by atoms with Crippen LogP contribution in [-0.2, 0) is 0 Å². The third-order valence-corrected chi connectivity index (χ3v) is 0.801. The highest BCUT2D eigenvalue weighted by Crippen LogP contribution is 2.29. The molecule has 1 unspecified atom stereocenters. The summed E-state index contributed by atoms with van der Waals surface area (Å²) in [6, 6.07) is 0.231. The van der Waals surface area contributed by atoms with Crippen molar-refractivity contribution in [1.82, 2.24) is 0 Å². The van der Waals surface area contributed by atoms with Crippen LogP contribution in [0.2, 0.25) is 0 Å². The first-order valence-corrected chi connectivity index (χ1v) is 2.13. The standard InChI is InChI=1S/C4H3F4NO/c5-1-3(6,7)4(8,10)2-9/h10H,1H2. The third-order valence-electron chi connectivity index (χ3n) is 0.801. The molecule has 1 atom stereocenters. The van der Waals surface area contributed by atoms with Gasteiger partial charge in [-0.05, 0) is 0 Å². The maximum atomic E-state index is 11.8. The Hall–Kier alpha value is -0.830. The van der Waals surface area contributed by atoms with E-state index in [1.165, 1.54) is 0 Å². The van der Waals surface area contributed by atoms with Crippen LogP contribution in [0.25, 0.3) is 0 Å². The van der Waals surface area contributed by atoms with Crippen LogP contribution in [0.4, 0.5) is 17.6 Å². The number of rotatable bonds is 2. The Bertz CT molecular complexity index is 161. The van der Waals surface area contributed by atoms with Crippen molar-refractivity contribution in [3.05, 3.63) is 0 Å². The zero-order valence-electron chi connectivity index (χ0n) is 4.61. The zero-order valence-corrected chi connectivity index (χ0v) is 4.61. The number of hydrogen-bond donors (Lipinski definition) is 1. The molecule has 0 spiro atoms. The quantitative estimate of drug-likeness (QED) is 0.475. The minimum absolute atomic E-state index is 0.231. The van der Waals surface area contributed by atoms with E-state index in [9.17, 15) is 17.6 Å². The molecule has 0 aromatic rings. The number of halogens is 4. The molecule has 58 valence electrons. The van der Waals surface area contributed by atoms with Crippen LogP contribution >= 0.6 is 0 Å². The molecule has 10 heavy (non-hydrogen) atoms. The lowest BCUT2D eigenvalue weighted by Crippen LogP contribution is -2.44. The van der Waals surface area contributed by atoms with Gasteiger partial charge in [-0.3, -0.25) is 0 Å². The van der Waals surface area contributed by atoms with E-state index in [0.29, 0.717) is 0 Å². The first-order valence-electron chi connectivity index (χ1n) is 2.13. The van der Waals surface area contributed by atoms with Crippen LogP contribution in [0.15, 0.2) is 0 Å². The molecule has 2 nitrogen and oxygen atoms in total. The van der Waals surface area contributed by atoms with Crippen molar-refractivity contribution >= 4 is 0 Å². The fourth-order valence-corrected chi connectivity index (χ4v) is 0.170. The van der Waals surface area contributed by atoms with E-state index in [0.717, 1.165) is 0 Å². The van der Waals surface area contributed by atoms with Crippen LogP contribution in [-0.4, -0.2) is 23.6 Å². The SMILES string of the molecule is N#CC(O)(F)C(F)(F)CF. The van der Waals surface area contributed by atoms with Crippen molar-refractivity contribution in [3.8, 4) is 6.07 Å². The van der Waals surface area contributed by atoms with Gasteiger partial charge in [-0.1, -0.05) is 0 Å². The van der Waals surface area contributed by atoms with Crippen molar-refractivity contribution < 1.29 is 22.7 Å². The van der Waals surface area contributed by atoms with Crippen LogP contribution in [0.3, 0.4) is 0 Å². The average Bonchev–Trinajstić information content (AvgIpc) is 1.88. The maximum absolute atomic E-state index is 11.8. The second-order valence-corrected chi connectivity index (χ2v) is 1.57. The van der Waals surface area contributed by atoms with Gasteiger partial charge in [-0.25, -0.2) is 4.39 Å². The Kier molecular flexibility index (Phi) is 2.22. The summed E-state index contributed by atoms with van der Waals surface area (Å²) in [7, 11) is 0. The van der Waals surface area contributed by atoms with Gasteiger partial charge >= 0.3 is 11.8 Å². The molecule has 1 N–H and O–H groups in total. The maximum Gasteiger partial charge on any atom is 0.361 e. The van der Waals surface area contributed by atoms with Crippen LogP contribution < -0.4 is 0 Å². The summed E-state index contributed by atoms with van der Waals surface area (Å²) >= 11 is 0. The summed E-state index contributed by atoms with van der Waals surface area (Å²) < 4.78 is 46.4. The summed E-state index contributed by atoms with van der Waals surface area (Å²) in [6.07, 6.45) is 0. The average molecular weight is 157 g/mol. The summed E-state index contributed by atoms with van der Waals surface area (Å²) in [6.45, 7) is -2.41. The van der Waals surface area contributed by atoms with Gasteiger partial charge in [0.05, 0.1) is 0 Å². The lowest BCUT2D eigenvalue weighted by molar-refractivity contribution is -0.223. The summed E-state index contributed by atoms with van der Waals surface area (Å²) in [5, 5.41) is 15.4. The Balaban J connectivity index is 4.49. The molecular formula is C4H3F4NO. The summed E-state index contributed by atoms with van der Waals surface area (Å²) in [5.41, 5.74) is 0. The molecule has 0 aromatic carbocycles. The molecule has 0 aliphatic heterocycles. The first-order chi connectivity index (χ1) is 4.37. The number of alkyl halides is 4. The summed E-state index contributed by atoms with van der Waals surface area (Å²) in [5.74, 6) is -9.07. The highest BCUT2D eigenvalue weighted by molar-refractivity contribution is 5.01. The minimum atomic E-state index is -4.65. The van der Waals surface area contributed by atoms with E-state index >= 15 is 0 Å². The van der Waals surface area contributed by atoms with E-state index in [1.54, 1.807) is 0 Å². The second-order valence-electron chi connectivity index (χ2n) is 1.57. The smallest absolute Gasteiger partial charge is 0.346 e. The fraction of sp³-hybridized carbons (Fsp3) is 0.750. The Labute approximate surface area is 53.7 Å². The van der Waals surface area contributed by atoms with Crippen LogP contribution in [0.5, 0.6) is 0 Å². The largest absolute Gasteiger partial charge is 0.361 e. The van der Waals surface area contributed by atoms with Gasteiger partial charge in [-0.15, -0.1) is 0 Å². The molecule has 0 saturated heterocycles. The van der Waals surface area contributed by atoms with Crippen LogP contribution in [0, 0.1) is 11.3 Å². The topological polar surface area (TPSA) is 44.0 Å². The van der Waals surface area contributed by atoms with E-state index in [4.69, 9.17) is 10.4 Å². The molecule has 0 aromatic heterocycles. The van der Waals surface area contributed by atoms with Gasteiger partial charge < -0.3 is 5.11 Å². The van der Waals surface area contributed by atoms with Gasteiger partial charge in [0.1, 0.15) is 6.07 Å². The van der Waals surface area contributed by atoms with Crippen molar-refractivity contribution in [2.45, 2.75) is 11.8 Å². The summed E-state index contributed by atoms with van der Waals surface area (Å²) in [4.78, 5) is 0. The van der Waals surface area contributed by atoms with E-state index < -0.39 is 18.5 Å². The van der Waals surface area contributed by atoms with E-state index in [2.05, 4.69) is 0 Å². The Morgan fingerprint density at radius 3 is 1.90 bits per heavy atom. The lowest BCUT2D eigenvalue weighted by Gasteiger charge is -2.18. The Morgan fingerprint density at radius 1 is 1.40 bits per heavy atom. The van der Waals surface area contributed by atoms with Gasteiger partial charge in [0.15, 0.2) is 6.67 Å². The van der Waals surface area contributed by atoms with Gasteiger partial charge in [0, 0.05) is 0 Å². The second kappa shape index (κ2) is 2.42. The van der Waals surface area contributed by atoms with E-state index in [-0.39, 0.29) is 6.07 Å². The molecule has 0 rings (SSSR count). The first kappa shape index (κ1) is 9.17. The monoisotopic (exact) mass is 157 g/mol. The molecule has 6 heteroatoms. The molecule has 0 aliphatic rings. The fourth-order valence-electron chi connectivity index (χ4n) is 0.170. The van der Waals surface area contributed by atoms with Crippen molar-refractivity contribution in [2.75, 3.05) is 6.67 Å². The molecule has 0 bridgehead atoms. The molecule has 0 heterocycles. The number of nitrogens with zero attached hydrogens (tertiary/aromatic N) is 1. The molecule has 0 aliphatic carbocycles.